The third kappa shape index (κ3) is 3.19. The molecule has 1 amide bonds. The molecule has 4 aromatic rings. The number of hydrogen-bond donors (Lipinski definition) is 1. The minimum atomic E-state index is -0.143. The maximum Gasteiger partial charge on any atom is 0.255 e. The van der Waals surface area contributed by atoms with Crippen LogP contribution < -0.4 is 5.32 Å². The van der Waals surface area contributed by atoms with Gasteiger partial charge in [-0.2, -0.15) is 4.80 Å². The molecule has 0 fully saturated rings. The summed E-state index contributed by atoms with van der Waals surface area (Å²) >= 11 is 0. The molecule has 0 radical (unpaired) electrons. The highest BCUT2D eigenvalue weighted by molar-refractivity contribution is 6.04. The Kier molecular flexibility index (Phi) is 3.97. The van der Waals surface area contributed by atoms with Crippen LogP contribution in [0.5, 0.6) is 0 Å². The second kappa shape index (κ2) is 6.44. The summed E-state index contributed by atoms with van der Waals surface area (Å²) in [7, 11) is 0. The average molecular weight is 342 g/mol. The van der Waals surface area contributed by atoms with Crippen LogP contribution in [0.1, 0.15) is 21.5 Å². The minimum absolute atomic E-state index is 0.143. The fourth-order valence-electron chi connectivity index (χ4n) is 2.69. The second-order valence-corrected chi connectivity index (χ2v) is 6.35. The van der Waals surface area contributed by atoms with E-state index in [1.807, 2.05) is 80.6 Å². The van der Waals surface area contributed by atoms with E-state index in [1.165, 1.54) is 5.56 Å². The van der Waals surface area contributed by atoms with Crippen LogP contribution in [-0.4, -0.2) is 20.9 Å². The van der Waals surface area contributed by atoms with Gasteiger partial charge >= 0.3 is 0 Å². The quantitative estimate of drug-likeness (QED) is 0.604. The number of anilines is 1. The van der Waals surface area contributed by atoms with E-state index in [2.05, 4.69) is 15.5 Å². The Labute approximate surface area is 151 Å². The lowest BCUT2D eigenvalue weighted by Crippen LogP contribution is -2.11. The Balaban J connectivity index is 1.60. The van der Waals surface area contributed by atoms with Crippen LogP contribution in [0.3, 0.4) is 0 Å². The van der Waals surface area contributed by atoms with Gasteiger partial charge in [0.05, 0.1) is 5.69 Å². The summed E-state index contributed by atoms with van der Waals surface area (Å²) < 4.78 is 0. The summed E-state index contributed by atoms with van der Waals surface area (Å²) in [5.74, 6) is -0.143. The van der Waals surface area contributed by atoms with Gasteiger partial charge in [0, 0.05) is 11.3 Å². The molecule has 0 spiro atoms. The molecule has 0 bridgehead atoms. The van der Waals surface area contributed by atoms with Crippen molar-refractivity contribution >= 4 is 22.6 Å². The van der Waals surface area contributed by atoms with Gasteiger partial charge in [-0.15, -0.1) is 10.2 Å². The topological polar surface area (TPSA) is 59.8 Å². The predicted molar refractivity (Wildman–Crippen MR) is 103 cm³/mol. The summed E-state index contributed by atoms with van der Waals surface area (Å²) in [5, 5.41) is 11.9. The molecule has 1 N–H and O–H groups in total. The molecule has 1 aromatic heterocycles. The van der Waals surface area contributed by atoms with Gasteiger partial charge in [-0.3, -0.25) is 4.79 Å². The van der Waals surface area contributed by atoms with Crippen molar-refractivity contribution in [2.24, 2.45) is 0 Å². The van der Waals surface area contributed by atoms with Crippen molar-refractivity contribution in [2.75, 3.05) is 5.32 Å². The second-order valence-electron chi connectivity index (χ2n) is 6.35. The van der Waals surface area contributed by atoms with Crippen LogP contribution in [-0.2, 0) is 0 Å². The SMILES string of the molecule is Cc1ccc(C(=O)Nc2ccc3nn(-c4ccc(C)cc4)nc3c2)cc1. The zero-order chi connectivity index (χ0) is 18.1. The third-order valence-electron chi connectivity index (χ3n) is 4.22. The highest BCUT2D eigenvalue weighted by Crippen LogP contribution is 2.18. The van der Waals surface area contributed by atoms with Crippen molar-refractivity contribution in [3.8, 4) is 5.69 Å². The lowest BCUT2D eigenvalue weighted by Gasteiger charge is -2.05. The number of aromatic nitrogens is 3. The Hall–Kier alpha value is -3.47. The number of carbonyl (C=O) groups is 1. The highest BCUT2D eigenvalue weighted by atomic mass is 16.1. The van der Waals surface area contributed by atoms with Crippen LogP contribution in [0, 0.1) is 13.8 Å². The number of rotatable bonds is 3. The molecule has 0 aliphatic heterocycles. The van der Waals surface area contributed by atoms with Crippen molar-refractivity contribution < 1.29 is 4.79 Å². The maximum atomic E-state index is 12.4. The van der Waals surface area contributed by atoms with Gasteiger partial charge < -0.3 is 5.32 Å². The van der Waals surface area contributed by atoms with E-state index in [-0.39, 0.29) is 5.91 Å². The summed E-state index contributed by atoms with van der Waals surface area (Å²) in [6, 6.07) is 21.0. The standard InChI is InChI=1S/C21H18N4O/c1-14-3-7-16(8-4-14)21(26)22-17-9-12-19-20(13-17)24-25(23-19)18-10-5-15(2)6-11-18/h3-13H,1-2H3,(H,22,26). The number of hydrogen-bond acceptors (Lipinski definition) is 3. The molecule has 3 aromatic carbocycles. The van der Waals surface area contributed by atoms with Crippen LogP contribution in [0.25, 0.3) is 16.7 Å². The van der Waals surface area contributed by atoms with Crippen LogP contribution >= 0.6 is 0 Å². The number of nitrogens with one attached hydrogen (secondary N) is 1. The molecular formula is C21H18N4O. The van der Waals surface area contributed by atoms with E-state index in [0.29, 0.717) is 11.3 Å². The Morgan fingerprint density at radius 1 is 0.808 bits per heavy atom. The van der Waals surface area contributed by atoms with Crippen molar-refractivity contribution in [1.82, 2.24) is 15.0 Å². The van der Waals surface area contributed by atoms with Gasteiger partial charge in [0.25, 0.3) is 5.91 Å². The zero-order valence-electron chi connectivity index (χ0n) is 14.6. The van der Waals surface area contributed by atoms with E-state index < -0.39 is 0 Å². The van der Waals surface area contributed by atoms with Crippen molar-refractivity contribution in [2.45, 2.75) is 13.8 Å². The number of benzene rings is 3. The van der Waals surface area contributed by atoms with Crippen molar-refractivity contribution in [3.63, 3.8) is 0 Å². The number of carbonyl (C=O) groups excluding carboxylic acids is 1. The van der Waals surface area contributed by atoms with E-state index in [1.54, 1.807) is 4.80 Å². The van der Waals surface area contributed by atoms with Crippen LogP contribution in [0.15, 0.2) is 66.7 Å². The fourth-order valence-corrected chi connectivity index (χ4v) is 2.69. The van der Waals surface area contributed by atoms with Crippen LogP contribution in [0.4, 0.5) is 5.69 Å². The monoisotopic (exact) mass is 342 g/mol. The van der Waals surface area contributed by atoms with Gasteiger partial charge in [-0.05, 0) is 56.3 Å². The molecule has 0 saturated carbocycles. The van der Waals surface area contributed by atoms with Gasteiger partial charge in [-0.1, -0.05) is 35.4 Å². The first-order chi connectivity index (χ1) is 12.6. The average Bonchev–Trinajstić information content (AvgIpc) is 3.06. The Morgan fingerprint density at radius 3 is 2.12 bits per heavy atom. The maximum absolute atomic E-state index is 12.4. The molecule has 128 valence electrons. The molecular weight excluding hydrogens is 324 g/mol. The Bertz CT molecular complexity index is 1080. The normalized spacial score (nSPS) is 10.8. The molecule has 0 aliphatic rings. The van der Waals surface area contributed by atoms with Gasteiger partial charge in [0.15, 0.2) is 0 Å². The third-order valence-corrected chi connectivity index (χ3v) is 4.22. The smallest absolute Gasteiger partial charge is 0.255 e. The number of nitrogens with zero attached hydrogens (tertiary/aromatic N) is 3. The first-order valence-electron chi connectivity index (χ1n) is 8.41. The van der Waals surface area contributed by atoms with Crippen molar-refractivity contribution in [3.05, 3.63) is 83.4 Å². The lowest BCUT2D eigenvalue weighted by molar-refractivity contribution is 0.102. The van der Waals surface area contributed by atoms with E-state index in [9.17, 15) is 4.79 Å². The van der Waals surface area contributed by atoms with Gasteiger partial charge in [0.1, 0.15) is 11.0 Å². The summed E-state index contributed by atoms with van der Waals surface area (Å²) in [5.41, 5.74) is 6.03. The molecule has 5 heteroatoms. The number of aryl methyl sites for hydroxylation is 2. The molecule has 0 unspecified atom stereocenters. The van der Waals surface area contributed by atoms with Crippen molar-refractivity contribution in [1.29, 1.82) is 0 Å². The molecule has 5 nitrogen and oxygen atoms in total. The first kappa shape index (κ1) is 16.0. The predicted octanol–water partition coefficient (Wildman–Crippen LogP) is 4.29. The fraction of sp³-hybridized carbons (Fsp3) is 0.0952. The number of fused-ring (bicyclic) bond motifs is 1. The summed E-state index contributed by atoms with van der Waals surface area (Å²) in [6.07, 6.45) is 0. The molecule has 4 rings (SSSR count). The van der Waals surface area contributed by atoms with E-state index in [4.69, 9.17) is 0 Å². The molecule has 0 aliphatic carbocycles. The van der Waals surface area contributed by atoms with E-state index in [0.717, 1.165) is 22.3 Å². The highest BCUT2D eigenvalue weighted by Gasteiger charge is 2.09. The lowest BCUT2D eigenvalue weighted by atomic mass is 10.1. The molecule has 26 heavy (non-hydrogen) atoms. The van der Waals surface area contributed by atoms with E-state index >= 15 is 0 Å². The van der Waals surface area contributed by atoms with Gasteiger partial charge in [0.2, 0.25) is 0 Å². The molecule has 1 heterocycles. The summed E-state index contributed by atoms with van der Waals surface area (Å²) in [4.78, 5) is 14.0. The van der Waals surface area contributed by atoms with Crippen LogP contribution in [0.2, 0.25) is 0 Å². The zero-order valence-corrected chi connectivity index (χ0v) is 14.6. The minimum Gasteiger partial charge on any atom is -0.322 e. The molecule has 0 saturated heterocycles. The Morgan fingerprint density at radius 2 is 1.42 bits per heavy atom. The van der Waals surface area contributed by atoms with Gasteiger partial charge in [-0.25, -0.2) is 0 Å². The molecule has 0 atom stereocenters. The first-order valence-corrected chi connectivity index (χ1v) is 8.41. The summed E-state index contributed by atoms with van der Waals surface area (Å²) in [6.45, 7) is 4.03. The number of amides is 1. The largest absolute Gasteiger partial charge is 0.322 e.